The molecule has 0 rings (SSSR count). The van der Waals surface area contributed by atoms with Crippen LogP contribution in [-0.2, 0) is 0 Å². The van der Waals surface area contributed by atoms with Gasteiger partial charge in [-0.15, -0.1) is 0 Å². The van der Waals surface area contributed by atoms with E-state index < -0.39 is 19.4 Å². The molecule has 0 unspecified atom stereocenters. The van der Waals surface area contributed by atoms with E-state index in [9.17, 15) is 17.6 Å². The molecule has 0 radical (unpaired) electrons. The Balaban J connectivity index is 3.95. The van der Waals surface area contributed by atoms with Crippen LogP contribution in [0.2, 0.25) is 0 Å². The average molecular weight is 225 g/mol. The molecule has 86 valence electrons. The van der Waals surface area contributed by atoms with E-state index in [0.29, 0.717) is 0 Å². The maximum atomic E-state index is 12.1. The number of nitrogens with one attached hydrogen (secondary N) is 1. The molecule has 3 nitrogen and oxygen atoms in total. The van der Waals surface area contributed by atoms with Gasteiger partial charge in [-0.1, -0.05) is 0 Å². The molecule has 0 amide bonds. The summed E-state index contributed by atoms with van der Waals surface area (Å²) in [5, 5.41) is 2.29. The number of halogens is 4. The first-order chi connectivity index (χ1) is 6.99. The van der Waals surface area contributed by atoms with E-state index in [4.69, 9.17) is 5.73 Å². The molecule has 0 aromatic heterocycles. The summed E-state index contributed by atoms with van der Waals surface area (Å²) in [5.74, 6) is 0. The van der Waals surface area contributed by atoms with Crippen molar-refractivity contribution < 1.29 is 17.6 Å². The van der Waals surface area contributed by atoms with Crippen molar-refractivity contribution >= 4 is 6.34 Å². The predicted octanol–water partition coefficient (Wildman–Crippen LogP) is 1.49. The second kappa shape index (κ2) is 6.86. The van der Waals surface area contributed by atoms with E-state index in [1.807, 2.05) is 0 Å². The molecule has 0 aliphatic carbocycles. The lowest BCUT2D eigenvalue weighted by molar-refractivity contribution is -0.118. The summed E-state index contributed by atoms with van der Waals surface area (Å²) in [6, 6.07) is 0. The molecule has 0 spiro atoms. The van der Waals surface area contributed by atoms with Crippen LogP contribution >= 0.6 is 0 Å². The minimum Gasteiger partial charge on any atom is -0.405 e. The van der Waals surface area contributed by atoms with Gasteiger partial charge in [-0.3, -0.25) is 4.99 Å². The van der Waals surface area contributed by atoms with Crippen molar-refractivity contribution in [3.05, 3.63) is 24.0 Å². The van der Waals surface area contributed by atoms with Crippen molar-refractivity contribution in [3.8, 4) is 0 Å². The lowest BCUT2D eigenvalue weighted by Crippen LogP contribution is -2.13. The van der Waals surface area contributed by atoms with E-state index in [2.05, 4.69) is 10.3 Å². The van der Waals surface area contributed by atoms with Crippen LogP contribution in [0.25, 0.3) is 0 Å². The van der Waals surface area contributed by atoms with E-state index in [1.165, 1.54) is 12.3 Å². The molecular formula is C8H11F4N3. The van der Waals surface area contributed by atoms with Gasteiger partial charge in [0.1, 0.15) is 13.2 Å². The number of hydrogen-bond acceptors (Lipinski definition) is 2. The number of alkyl halides is 4. The van der Waals surface area contributed by atoms with E-state index in [0.717, 1.165) is 12.5 Å². The molecule has 0 aliphatic rings. The molecule has 0 atom stereocenters. The van der Waals surface area contributed by atoms with Crippen molar-refractivity contribution in [1.82, 2.24) is 5.32 Å². The van der Waals surface area contributed by atoms with Gasteiger partial charge in [-0.2, -0.15) is 13.2 Å². The zero-order valence-corrected chi connectivity index (χ0v) is 7.76. The monoisotopic (exact) mass is 225 g/mol. The first-order valence-electron chi connectivity index (χ1n) is 3.94. The highest BCUT2D eigenvalue weighted by Crippen LogP contribution is 2.13. The number of nitrogens with two attached hydrogens (primary N) is 1. The molecule has 0 saturated carbocycles. The molecular weight excluding hydrogens is 214 g/mol. The number of hydrogen-bond donors (Lipinski definition) is 2. The standard InChI is InChI=1S/C8H11F4N3/c9-3-7(1-2-13)4-14-6-15-5-8(10,11)12/h1-2,4,6H,3,5,13H2,(H,14,15)/b2-1+,7-4+. The third-order valence-corrected chi connectivity index (χ3v) is 1.17. The Kier molecular flexibility index (Phi) is 6.16. The largest absolute Gasteiger partial charge is 0.408 e. The van der Waals surface area contributed by atoms with Gasteiger partial charge in [0.05, 0.1) is 6.34 Å². The van der Waals surface area contributed by atoms with Gasteiger partial charge in [-0.05, 0) is 12.3 Å². The summed E-state index contributed by atoms with van der Waals surface area (Å²) >= 11 is 0. The van der Waals surface area contributed by atoms with Crippen molar-refractivity contribution in [1.29, 1.82) is 0 Å². The summed E-state index contributed by atoms with van der Waals surface area (Å²) in [5.41, 5.74) is 5.20. The van der Waals surface area contributed by atoms with Gasteiger partial charge in [-0.25, -0.2) is 4.39 Å². The molecule has 0 aromatic carbocycles. The zero-order valence-electron chi connectivity index (χ0n) is 7.76. The van der Waals surface area contributed by atoms with Crippen LogP contribution in [0.15, 0.2) is 29.0 Å². The zero-order chi connectivity index (χ0) is 11.7. The Morgan fingerprint density at radius 2 is 2.07 bits per heavy atom. The molecule has 0 bridgehead atoms. The summed E-state index contributed by atoms with van der Waals surface area (Å²) < 4.78 is 46.9. The Morgan fingerprint density at radius 3 is 2.53 bits per heavy atom. The summed E-state index contributed by atoms with van der Waals surface area (Å²) in [7, 11) is 0. The minimum atomic E-state index is -4.33. The highest BCUT2D eigenvalue weighted by molar-refractivity contribution is 5.56. The summed E-state index contributed by atoms with van der Waals surface area (Å²) in [6.07, 6.45) is 0.0866. The van der Waals surface area contributed by atoms with Crippen molar-refractivity contribution in [2.75, 3.05) is 13.2 Å². The van der Waals surface area contributed by atoms with Crippen LogP contribution in [0.3, 0.4) is 0 Å². The Labute approximate surface area is 84.4 Å². The van der Waals surface area contributed by atoms with Crippen LogP contribution < -0.4 is 11.1 Å². The van der Waals surface area contributed by atoms with E-state index in [-0.39, 0.29) is 5.57 Å². The Morgan fingerprint density at radius 1 is 1.40 bits per heavy atom. The molecule has 15 heavy (non-hydrogen) atoms. The molecule has 0 saturated heterocycles. The number of rotatable bonds is 5. The summed E-state index contributed by atoms with van der Waals surface area (Å²) in [6.45, 7) is -2.04. The number of nitrogens with zero attached hydrogens (tertiary/aromatic N) is 1. The highest BCUT2D eigenvalue weighted by atomic mass is 19.4. The van der Waals surface area contributed by atoms with Crippen LogP contribution in [0.1, 0.15) is 0 Å². The fourth-order valence-corrected chi connectivity index (χ4v) is 0.601. The minimum absolute atomic E-state index is 0.205. The average Bonchev–Trinajstić information content (AvgIpc) is 2.14. The lowest BCUT2D eigenvalue weighted by Gasteiger charge is -2.00. The quantitative estimate of drug-likeness (QED) is 0.322. The van der Waals surface area contributed by atoms with Crippen LogP contribution in [-0.4, -0.2) is 25.7 Å². The smallest absolute Gasteiger partial charge is 0.405 e. The summed E-state index contributed by atoms with van der Waals surface area (Å²) in [4.78, 5) is 3.03. The number of aliphatic imine (C=N–C) groups is 1. The fraction of sp³-hybridized carbons (Fsp3) is 0.375. The van der Waals surface area contributed by atoms with E-state index in [1.54, 1.807) is 0 Å². The first-order valence-corrected chi connectivity index (χ1v) is 3.94. The third-order valence-electron chi connectivity index (χ3n) is 1.17. The lowest BCUT2D eigenvalue weighted by atomic mass is 10.3. The molecule has 0 fully saturated rings. The van der Waals surface area contributed by atoms with Gasteiger partial charge >= 0.3 is 6.18 Å². The van der Waals surface area contributed by atoms with E-state index >= 15 is 0 Å². The normalized spacial score (nSPS) is 14.0. The fourth-order valence-electron chi connectivity index (χ4n) is 0.601. The number of allylic oxidation sites excluding steroid dienone is 2. The van der Waals surface area contributed by atoms with Crippen molar-refractivity contribution in [3.63, 3.8) is 0 Å². The Hall–Kier alpha value is -1.53. The maximum Gasteiger partial charge on any atom is 0.408 e. The maximum absolute atomic E-state index is 12.1. The predicted molar refractivity (Wildman–Crippen MR) is 49.9 cm³/mol. The van der Waals surface area contributed by atoms with Gasteiger partial charge in [0.2, 0.25) is 0 Å². The molecule has 0 aromatic rings. The van der Waals surface area contributed by atoms with Gasteiger partial charge in [0.25, 0.3) is 0 Å². The SMILES string of the molecule is N/C=C/C(=C\NC=NCC(F)(F)F)CF. The molecule has 0 heterocycles. The first kappa shape index (κ1) is 13.5. The third kappa shape index (κ3) is 8.79. The second-order valence-electron chi connectivity index (χ2n) is 2.46. The van der Waals surface area contributed by atoms with Crippen molar-refractivity contribution in [2.45, 2.75) is 6.18 Å². The highest BCUT2D eigenvalue weighted by Gasteiger charge is 2.25. The van der Waals surface area contributed by atoms with Gasteiger partial charge < -0.3 is 11.1 Å². The molecule has 7 heteroatoms. The van der Waals surface area contributed by atoms with Crippen molar-refractivity contribution in [2.24, 2.45) is 10.7 Å². The van der Waals surface area contributed by atoms with Crippen LogP contribution in [0.4, 0.5) is 17.6 Å². The molecule has 0 aliphatic heterocycles. The van der Waals surface area contributed by atoms with Crippen LogP contribution in [0, 0.1) is 0 Å². The van der Waals surface area contributed by atoms with Gasteiger partial charge in [0, 0.05) is 11.8 Å². The molecule has 3 N–H and O–H groups in total. The van der Waals surface area contributed by atoms with Gasteiger partial charge in [0.15, 0.2) is 0 Å². The van der Waals surface area contributed by atoms with Crippen LogP contribution in [0.5, 0.6) is 0 Å². The Bertz CT molecular complexity index is 255. The second-order valence-corrected chi connectivity index (χ2v) is 2.46. The topological polar surface area (TPSA) is 50.4 Å².